The van der Waals surface area contributed by atoms with Crippen LogP contribution in [-0.2, 0) is 18.4 Å². The van der Waals surface area contributed by atoms with Crippen molar-refractivity contribution in [2.75, 3.05) is 11.9 Å². The molecule has 0 aliphatic heterocycles. The van der Waals surface area contributed by atoms with E-state index in [0.29, 0.717) is 24.5 Å². The zero-order valence-electron chi connectivity index (χ0n) is 14.6. The van der Waals surface area contributed by atoms with Gasteiger partial charge in [0.25, 0.3) is 0 Å². The van der Waals surface area contributed by atoms with Crippen LogP contribution in [-0.4, -0.2) is 33.2 Å². The fraction of sp³-hybridized carbons (Fsp3) is 0.389. The van der Waals surface area contributed by atoms with Gasteiger partial charge in [-0.1, -0.05) is 12.1 Å². The molecule has 0 radical (unpaired) electrons. The van der Waals surface area contributed by atoms with E-state index >= 15 is 0 Å². The van der Waals surface area contributed by atoms with Crippen LogP contribution in [0.25, 0.3) is 0 Å². The molecule has 0 bridgehead atoms. The maximum absolute atomic E-state index is 12.3. The highest BCUT2D eigenvalue weighted by Gasteiger charge is 2.16. The monoisotopic (exact) mass is 325 g/mol. The van der Waals surface area contributed by atoms with Gasteiger partial charge in [-0.15, -0.1) is 0 Å². The van der Waals surface area contributed by atoms with Crippen molar-refractivity contribution in [3.05, 3.63) is 47.2 Å². The Balaban J connectivity index is 2.01. The Labute approximate surface area is 142 Å². The molecule has 0 fully saturated rings. The van der Waals surface area contributed by atoms with E-state index in [-0.39, 0.29) is 11.9 Å². The number of amides is 1. The van der Waals surface area contributed by atoms with E-state index in [1.807, 2.05) is 25.1 Å². The molecule has 0 saturated carbocycles. The van der Waals surface area contributed by atoms with Gasteiger partial charge in [0.15, 0.2) is 0 Å². The molecule has 126 valence electrons. The highest BCUT2D eigenvalue weighted by molar-refractivity contribution is 5.91. The number of nitriles is 1. The number of anilines is 1. The molecule has 1 amide bonds. The first kappa shape index (κ1) is 17.7. The van der Waals surface area contributed by atoms with Gasteiger partial charge in [0.2, 0.25) is 5.91 Å². The number of hydrogen-bond acceptors (Lipinski definition) is 4. The van der Waals surface area contributed by atoms with Crippen LogP contribution >= 0.6 is 0 Å². The lowest BCUT2D eigenvalue weighted by Crippen LogP contribution is -2.37. The zero-order chi connectivity index (χ0) is 17.7. The largest absolute Gasteiger partial charge is 0.310 e. The molecular weight excluding hydrogens is 302 g/mol. The summed E-state index contributed by atoms with van der Waals surface area (Å²) in [5, 5.41) is 16.0. The summed E-state index contributed by atoms with van der Waals surface area (Å²) in [4.78, 5) is 14.4. The maximum atomic E-state index is 12.3. The standard InChI is InChI=1S/C18H23N5O/c1-13(2)23(11-16-7-5-15(10-19)6-8-16)12-18(24)20-17-9-14(3)21-22(17)4/h5-9,13H,11-12H2,1-4H3,(H,20,24). The van der Waals surface area contributed by atoms with Crippen molar-refractivity contribution in [2.45, 2.75) is 33.4 Å². The van der Waals surface area contributed by atoms with Crippen molar-refractivity contribution >= 4 is 11.7 Å². The van der Waals surface area contributed by atoms with Crippen LogP contribution in [0.1, 0.15) is 30.7 Å². The second kappa shape index (κ2) is 7.75. The number of rotatable bonds is 6. The van der Waals surface area contributed by atoms with Crippen molar-refractivity contribution in [1.29, 1.82) is 5.26 Å². The van der Waals surface area contributed by atoms with Gasteiger partial charge in [0, 0.05) is 25.7 Å². The molecule has 0 aliphatic carbocycles. The summed E-state index contributed by atoms with van der Waals surface area (Å²) in [5.41, 5.74) is 2.58. The van der Waals surface area contributed by atoms with E-state index in [9.17, 15) is 4.79 Å². The van der Waals surface area contributed by atoms with Gasteiger partial charge < -0.3 is 5.32 Å². The first-order valence-electron chi connectivity index (χ1n) is 7.92. The molecule has 1 heterocycles. The molecule has 6 nitrogen and oxygen atoms in total. The summed E-state index contributed by atoms with van der Waals surface area (Å²) in [5.74, 6) is 0.625. The first-order chi connectivity index (χ1) is 11.4. The number of benzene rings is 1. The summed E-state index contributed by atoms with van der Waals surface area (Å²) >= 11 is 0. The third-order valence-electron chi connectivity index (χ3n) is 3.82. The number of carbonyl (C=O) groups excluding carboxylic acids is 1. The van der Waals surface area contributed by atoms with Crippen LogP contribution in [0, 0.1) is 18.3 Å². The summed E-state index contributed by atoms with van der Waals surface area (Å²) in [6, 6.07) is 11.6. The molecule has 0 spiro atoms. The molecule has 1 aromatic carbocycles. The van der Waals surface area contributed by atoms with Gasteiger partial charge >= 0.3 is 0 Å². The Morgan fingerprint density at radius 1 is 1.38 bits per heavy atom. The molecule has 2 rings (SSSR count). The lowest BCUT2D eigenvalue weighted by Gasteiger charge is -2.25. The molecular formula is C18H23N5O. The summed E-state index contributed by atoms with van der Waals surface area (Å²) in [6.45, 7) is 6.96. The predicted octanol–water partition coefficient (Wildman–Crippen LogP) is 2.45. The van der Waals surface area contributed by atoms with Crippen LogP contribution in [0.15, 0.2) is 30.3 Å². The Kier molecular flexibility index (Phi) is 5.72. The Morgan fingerprint density at radius 3 is 2.54 bits per heavy atom. The molecule has 1 aromatic heterocycles. The smallest absolute Gasteiger partial charge is 0.239 e. The van der Waals surface area contributed by atoms with Crippen LogP contribution in [0.2, 0.25) is 0 Å². The number of nitrogens with one attached hydrogen (secondary N) is 1. The topological polar surface area (TPSA) is 74.0 Å². The SMILES string of the molecule is Cc1cc(NC(=O)CN(Cc2ccc(C#N)cc2)C(C)C)n(C)n1. The van der Waals surface area contributed by atoms with Crippen LogP contribution in [0.3, 0.4) is 0 Å². The third-order valence-corrected chi connectivity index (χ3v) is 3.82. The van der Waals surface area contributed by atoms with Crippen LogP contribution < -0.4 is 5.32 Å². The molecule has 6 heteroatoms. The highest BCUT2D eigenvalue weighted by Crippen LogP contribution is 2.11. The average Bonchev–Trinajstić information content (AvgIpc) is 2.84. The molecule has 0 unspecified atom stereocenters. The zero-order valence-corrected chi connectivity index (χ0v) is 14.6. The van der Waals surface area contributed by atoms with Gasteiger partial charge in [0.1, 0.15) is 5.82 Å². The molecule has 24 heavy (non-hydrogen) atoms. The lowest BCUT2D eigenvalue weighted by atomic mass is 10.1. The minimum Gasteiger partial charge on any atom is -0.310 e. The number of aryl methyl sites for hydroxylation is 2. The Morgan fingerprint density at radius 2 is 2.04 bits per heavy atom. The van der Waals surface area contributed by atoms with Gasteiger partial charge in [0.05, 0.1) is 23.9 Å². The molecule has 1 N–H and O–H groups in total. The summed E-state index contributed by atoms with van der Waals surface area (Å²) in [7, 11) is 1.81. The number of carbonyl (C=O) groups is 1. The minimum absolute atomic E-state index is 0.0691. The van der Waals surface area contributed by atoms with E-state index in [4.69, 9.17) is 5.26 Å². The Bertz CT molecular complexity index is 740. The molecule has 0 atom stereocenters. The van der Waals surface area contributed by atoms with E-state index in [2.05, 4.69) is 35.2 Å². The second-order valence-corrected chi connectivity index (χ2v) is 6.15. The van der Waals surface area contributed by atoms with E-state index in [1.54, 1.807) is 23.9 Å². The fourth-order valence-corrected chi connectivity index (χ4v) is 2.43. The molecule has 2 aromatic rings. The maximum Gasteiger partial charge on any atom is 0.239 e. The van der Waals surface area contributed by atoms with Crippen molar-refractivity contribution in [2.24, 2.45) is 7.05 Å². The van der Waals surface area contributed by atoms with Gasteiger partial charge in [-0.05, 0) is 38.5 Å². The van der Waals surface area contributed by atoms with Gasteiger partial charge in [-0.25, -0.2) is 0 Å². The quantitative estimate of drug-likeness (QED) is 0.885. The predicted molar refractivity (Wildman–Crippen MR) is 93.3 cm³/mol. The van der Waals surface area contributed by atoms with Crippen molar-refractivity contribution in [3.63, 3.8) is 0 Å². The normalized spacial score (nSPS) is 10.9. The number of nitrogens with zero attached hydrogens (tertiary/aromatic N) is 4. The second-order valence-electron chi connectivity index (χ2n) is 6.15. The third kappa shape index (κ3) is 4.67. The van der Waals surface area contributed by atoms with E-state index in [0.717, 1.165) is 11.3 Å². The van der Waals surface area contributed by atoms with Gasteiger partial charge in [-0.3, -0.25) is 14.4 Å². The lowest BCUT2D eigenvalue weighted by molar-refractivity contribution is -0.117. The average molecular weight is 325 g/mol. The van der Waals surface area contributed by atoms with Crippen molar-refractivity contribution in [3.8, 4) is 6.07 Å². The minimum atomic E-state index is -0.0691. The van der Waals surface area contributed by atoms with Crippen LogP contribution in [0.4, 0.5) is 5.82 Å². The number of hydrogen-bond donors (Lipinski definition) is 1. The highest BCUT2D eigenvalue weighted by atomic mass is 16.2. The van der Waals surface area contributed by atoms with Crippen LogP contribution in [0.5, 0.6) is 0 Å². The summed E-state index contributed by atoms with van der Waals surface area (Å²) in [6.07, 6.45) is 0. The summed E-state index contributed by atoms with van der Waals surface area (Å²) < 4.78 is 1.66. The first-order valence-corrected chi connectivity index (χ1v) is 7.92. The van der Waals surface area contributed by atoms with Gasteiger partial charge in [-0.2, -0.15) is 10.4 Å². The van der Waals surface area contributed by atoms with Crippen molar-refractivity contribution in [1.82, 2.24) is 14.7 Å². The molecule has 0 aliphatic rings. The fourth-order valence-electron chi connectivity index (χ4n) is 2.43. The van der Waals surface area contributed by atoms with E-state index < -0.39 is 0 Å². The number of aromatic nitrogens is 2. The van der Waals surface area contributed by atoms with Crippen molar-refractivity contribution < 1.29 is 4.79 Å². The molecule has 0 saturated heterocycles. The Hall–Kier alpha value is -2.65. The van der Waals surface area contributed by atoms with E-state index in [1.165, 1.54) is 0 Å².